The van der Waals surface area contributed by atoms with Crippen molar-refractivity contribution < 1.29 is 8.42 Å². The highest BCUT2D eigenvalue weighted by Crippen LogP contribution is 2.27. The molecule has 5 aromatic rings. The van der Waals surface area contributed by atoms with Crippen LogP contribution in [0.3, 0.4) is 0 Å². The number of benzene rings is 2. The Balaban J connectivity index is 1.51. The van der Waals surface area contributed by atoms with E-state index >= 15 is 0 Å². The molecule has 0 radical (unpaired) electrons. The molecular formula is C23H19N7O2S. The van der Waals surface area contributed by atoms with Crippen LogP contribution in [0, 0.1) is 0 Å². The second-order valence-electron chi connectivity index (χ2n) is 7.29. The van der Waals surface area contributed by atoms with Crippen LogP contribution in [-0.4, -0.2) is 32.9 Å². The van der Waals surface area contributed by atoms with Gasteiger partial charge in [-0.1, -0.05) is 30.3 Å². The number of nitrogens with one attached hydrogen (secondary N) is 1. The van der Waals surface area contributed by atoms with Crippen molar-refractivity contribution in [3.63, 3.8) is 0 Å². The Hall–Kier alpha value is -4.15. The lowest BCUT2D eigenvalue weighted by molar-refractivity contribution is 0.598. The third-order valence-electron chi connectivity index (χ3n) is 5.06. The van der Waals surface area contributed by atoms with E-state index in [-0.39, 0.29) is 4.90 Å². The fraction of sp³-hybridized carbons (Fsp3) is 0.0435. The maximum atomic E-state index is 11.4. The van der Waals surface area contributed by atoms with Gasteiger partial charge in [0.05, 0.1) is 11.1 Å². The van der Waals surface area contributed by atoms with Gasteiger partial charge in [0.1, 0.15) is 11.3 Å². The SMILES string of the molecule is NS(=O)(=O)c1ccc(CNc2ncc3nc(-c4ccncc4)n(-c4ccccc4)c3n2)cc1. The molecule has 0 unspecified atom stereocenters. The zero-order valence-electron chi connectivity index (χ0n) is 17.3. The van der Waals surface area contributed by atoms with E-state index in [1.807, 2.05) is 47.0 Å². The summed E-state index contributed by atoms with van der Waals surface area (Å²) in [5, 5.41) is 8.34. The van der Waals surface area contributed by atoms with Crippen LogP contribution in [0.25, 0.3) is 28.2 Å². The number of hydrogen-bond acceptors (Lipinski definition) is 7. The predicted octanol–water partition coefficient (Wildman–Crippen LogP) is 3.14. The van der Waals surface area contributed by atoms with Crippen LogP contribution in [0.4, 0.5) is 5.95 Å². The number of para-hydroxylation sites is 1. The number of imidazole rings is 1. The summed E-state index contributed by atoms with van der Waals surface area (Å²) in [6, 6.07) is 20.0. The van der Waals surface area contributed by atoms with Crippen LogP contribution >= 0.6 is 0 Å². The molecule has 3 N–H and O–H groups in total. The Morgan fingerprint density at radius 3 is 2.33 bits per heavy atom. The molecule has 0 aliphatic rings. The molecule has 3 heterocycles. The van der Waals surface area contributed by atoms with E-state index in [0.717, 1.165) is 22.6 Å². The van der Waals surface area contributed by atoms with E-state index in [1.54, 1.807) is 30.7 Å². The van der Waals surface area contributed by atoms with Crippen molar-refractivity contribution in [2.45, 2.75) is 11.4 Å². The minimum absolute atomic E-state index is 0.0688. The molecule has 9 nitrogen and oxygen atoms in total. The van der Waals surface area contributed by atoms with Gasteiger partial charge in [-0.15, -0.1) is 0 Å². The topological polar surface area (TPSA) is 129 Å². The molecule has 3 aromatic heterocycles. The molecule has 164 valence electrons. The van der Waals surface area contributed by atoms with Gasteiger partial charge in [0.15, 0.2) is 5.65 Å². The highest BCUT2D eigenvalue weighted by Gasteiger charge is 2.16. The first kappa shape index (κ1) is 20.7. The number of aromatic nitrogens is 5. The summed E-state index contributed by atoms with van der Waals surface area (Å²) < 4.78 is 24.8. The molecule has 0 bridgehead atoms. The van der Waals surface area contributed by atoms with Gasteiger partial charge in [-0.3, -0.25) is 9.55 Å². The van der Waals surface area contributed by atoms with Crippen LogP contribution in [0.15, 0.2) is 90.2 Å². The van der Waals surface area contributed by atoms with Crippen molar-refractivity contribution >= 4 is 27.1 Å². The van der Waals surface area contributed by atoms with Gasteiger partial charge in [0.25, 0.3) is 0 Å². The second-order valence-corrected chi connectivity index (χ2v) is 8.85. The summed E-state index contributed by atoms with van der Waals surface area (Å²) >= 11 is 0. The van der Waals surface area contributed by atoms with Crippen LogP contribution < -0.4 is 10.5 Å². The van der Waals surface area contributed by atoms with Crippen molar-refractivity contribution in [1.82, 2.24) is 24.5 Å². The van der Waals surface area contributed by atoms with Crippen molar-refractivity contribution in [2.24, 2.45) is 5.14 Å². The van der Waals surface area contributed by atoms with Crippen LogP contribution in [0.1, 0.15) is 5.56 Å². The maximum Gasteiger partial charge on any atom is 0.238 e. The van der Waals surface area contributed by atoms with Gasteiger partial charge in [-0.2, -0.15) is 4.98 Å². The van der Waals surface area contributed by atoms with Crippen LogP contribution in [0.2, 0.25) is 0 Å². The lowest BCUT2D eigenvalue weighted by Gasteiger charge is -2.09. The first-order valence-corrected chi connectivity index (χ1v) is 11.6. The van der Waals surface area contributed by atoms with Gasteiger partial charge < -0.3 is 5.32 Å². The third-order valence-corrected chi connectivity index (χ3v) is 5.98. The van der Waals surface area contributed by atoms with E-state index in [0.29, 0.717) is 23.7 Å². The zero-order chi connectivity index (χ0) is 22.8. The van der Waals surface area contributed by atoms with E-state index in [9.17, 15) is 8.42 Å². The van der Waals surface area contributed by atoms with Gasteiger partial charge in [0.2, 0.25) is 16.0 Å². The Bertz CT molecular complexity index is 1520. The number of fused-ring (bicyclic) bond motifs is 1. The van der Waals surface area contributed by atoms with Gasteiger partial charge in [0, 0.05) is 30.2 Å². The van der Waals surface area contributed by atoms with Crippen molar-refractivity contribution in [2.75, 3.05) is 5.32 Å². The van der Waals surface area contributed by atoms with Crippen molar-refractivity contribution in [1.29, 1.82) is 0 Å². The van der Waals surface area contributed by atoms with Crippen molar-refractivity contribution in [3.05, 3.63) is 90.9 Å². The molecule has 0 atom stereocenters. The van der Waals surface area contributed by atoms with E-state index < -0.39 is 10.0 Å². The second kappa shape index (κ2) is 8.41. The predicted molar refractivity (Wildman–Crippen MR) is 125 cm³/mol. The number of nitrogens with two attached hydrogens (primary N) is 1. The summed E-state index contributed by atoms with van der Waals surface area (Å²) in [5.41, 5.74) is 4.02. The normalized spacial score (nSPS) is 11.5. The molecule has 0 saturated carbocycles. The number of primary sulfonamides is 1. The average Bonchev–Trinajstić information content (AvgIpc) is 3.22. The summed E-state index contributed by atoms with van der Waals surface area (Å²) in [6.45, 7) is 0.410. The Morgan fingerprint density at radius 2 is 1.64 bits per heavy atom. The van der Waals surface area contributed by atoms with E-state index in [4.69, 9.17) is 15.1 Å². The summed E-state index contributed by atoms with van der Waals surface area (Å²) in [4.78, 5) is 18.0. The molecule has 10 heteroatoms. The minimum Gasteiger partial charge on any atom is -0.350 e. The molecule has 0 aliphatic heterocycles. The lowest BCUT2D eigenvalue weighted by Crippen LogP contribution is -2.12. The van der Waals surface area contributed by atoms with Gasteiger partial charge in [-0.25, -0.2) is 23.5 Å². The van der Waals surface area contributed by atoms with Crippen molar-refractivity contribution in [3.8, 4) is 17.1 Å². The monoisotopic (exact) mass is 457 g/mol. The maximum absolute atomic E-state index is 11.4. The van der Waals surface area contributed by atoms with Gasteiger partial charge >= 0.3 is 0 Å². The molecule has 0 amide bonds. The Kier molecular flexibility index (Phi) is 5.29. The average molecular weight is 458 g/mol. The third kappa shape index (κ3) is 4.29. The largest absolute Gasteiger partial charge is 0.350 e. The fourth-order valence-corrected chi connectivity index (χ4v) is 3.97. The summed E-state index contributed by atoms with van der Waals surface area (Å²) in [7, 11) is -3.72. The van der Waals surface area contributed by atoms with Crippen LogP contribution in [0.5, 0.6) is 0 Å². The quantitative estimate of drug-likeness (QED) is 0.401. The molecule has 5 rings (SSSR count). The number of pyridine rings is 1. The fourth-order valence-electron chi connectivity index (χ4n) is 3.45. The smallest absolute Gasteiger partial charge is 0.238 e. The molecule has 0 fully saturated rings. The first-order chi connectivity index (χ1) is 16.0. The molecule has 0 aliphatic carbocycles. The highest BCUT2D eigenvalue weighted by molar-refractivity contribution is 7.89. The number of anilines is 1. The van der Waals surface area contributed by atoms with Crippen LogP contribution in [-0.2, 0) is 16.6 Å². The van der Waals surface area contributed by atoms with E-state index in [1.165, 1.54) is 12.1 Å². The lowest BCUT2D eigenvalue weighted by atomic mass is 10.2. The summed E-state index contributed by atoms with van der Waals surface area (Å²) in [6.07, 6.45) is 5.13. The van der Waals surface area contributed by atoms with E-state index in [2.05, 4.69) is 15.3 Å². The minimum atomic E-state index is -3.72. The van der Waals surface area contributed by atoms with Gasteiger partial charge in [-0.05, 0) is 42.0 Å². The number of sulfonamides is 1. The highest BCUT2D eigenvalue weighted by atomic mass is 32.2. The Labute approximate surface area is 190 Å². The summed E-state index contributed by atoms with van der Waals surface area (Å²) in [5.74, 6) is 1.17. The molecule has 2 aromatic carbocycles. The number of hydrogen-bond donors (Lipinski definition) is 2. The number of rotatable bonds is 6. The molecule has 0 saturated heterocycles. The molecule has 33 heavy (non-hydrogen) atoms. The number of nitrogens with zero attached hydrogens (tertiary/aromatic N) is 5. The standard InChI is InChI=1S/C23H19N7O2S/c24-33(31,32)19-8-6-16(7-9-19)14-26-23-27-15-20-22(29-23)30(18-4-2-1-3-5-18)21(28-20)17-10-12-25-13-11-17/h1-13,15H,14H2,(H2,24,31,32)(H,26,27,29). The zero-order valence-corrected chi connectivity index (χ0v) is 18.1. The Morgan fingerprint density at radius 1 is 0.909 bits per heavy atom. The first-order valence-electron chi connectivity index (χ1n) is 10.1. The molecular weight excluding hydrogens is 438 g/mol. The molecule has 0 spiro atoms.